The molecule has 126 valence electrons. The van der Waals surface area contributed by atoms with Gasteiger partial charge in [-0.2, -0.15) is 0 Å². The lowest BCUT2D eigenvalue weighted by Crippen LogP contribution is -2.29. The number of thiophene rings is 1. The second kappa shape index (κ2) is 7.51. The molecule has 0 aromatic carbocycles. The molecular formula is C19H28N2OS. The van der Waals surface area contributed by atoms with Gasteiger partial charge in [-0.25, -0.2) is 0 Å². The van der Waals surface area contributed by atoms with Crippen molar-refractivity contribution in [1.82, 2.24) is 0 Å². The number of hydrogen-bond donors (Lipinski definition) is 2. The normalized spacial score (nSPS) is 16.6. The molecule has 1 aliphatic carbocycles. The average Bonchev–Trinajstić information content (AvgIpc) is 2.81. The Kier molecular flexibility index (Phi) is 5.89. The molecule has 2 N–H and O–H groups in total. The zero-order chi connectivity index (χ0) is 17.0. The zero-order valence-electron chi connectivity index (χ0n) is 14.8. The van der Waals surface area contributed by atoms with Crippen molar-refractivity contribution in [3.05, 3.63) is 16.0 Å². The van der Waals surface area contributed by atoms with Crippen molar-refractivity contribution >= 4 is 22.2 Å². The van der Waals surface area contributed by atoms with Crippen molar-refractivity contribution < 1.29 is 5.11 Å². The van der Waals surface area contributed by atoms with Crippen LogP contribution in [0, 0.1) is 31.1 Å². The predicted molar refractivity (Wildman–Crippen MR) is 99.7 cm³/mol. The summed E-state index contributed by atoms with van der Waals surface area (Å²) in [4.78, 5) is 2.99. The summed E-state index contributed by atoms with van der Waals surface area (Å²) in [5.74, 6) is 7.01. The Bertz CT molecular complexity index is 630. The Balaban J connectivity index is 2.25. The largest absolute Gasteiger partial charge is 0.378 e. The van der Waals surface area contributed by atoms with Crippen molar-refractivity contribution in [2.45, 2.75) is 71.3 Å². The minimum atomic E-state index is -0.802. The molecule has 0 bridgehead atoms. The summed E-state index contributed by atoms with van der Waals surface area (Å²) in [5.41, 5.74) is 1.56. The first kappa shape index (κ1) is 18.0. The lowest BCUT2D eigenvalue weighted by molar-refractivity contribution is 0.0610. The van der Waals surface area contributed by atoms with Gasteiger partial charge in [-0.15, -0.1) is 11.3 Å². The molecule has 0 amide bonds. The van der Waals surface area contributed by atoms with E-state index in [0.717, 1.165) is 48.4 Å². The Labute approximate surface area is 144 Å². The standard InChI is InChI=1S/C19H28N2OS/c1-5-9-17(20)21(4)18-15(3)14(2)16(23-18)10-13-19(22)11-7-6-8-12-19/h20,22H,5-9,11-12H2,1-4H3. The van der Waals surface area contributed by atoms with Crippen molar-refractivity contribution in [3.8, 4) is 11.8 Å². The number of hydrogen-bond acceptors (Lipinski definition) is 3. The molecule has 1 aromatic rings. The van der Waals surface area contributed by atoms with Gasteiger partial charge in [0.15, 0.2) is 0 Å². The van der Waals surface area contributed by atoms with Crippen LogP contribution in [0.1, 0.15) is 67.9 Å². The van der Waals surface area contributed by atoms with Crippen molar-refractivity contribution in [2.24, 2.45) is 0 Å². The minimum Gasteiger partial charge on any atom is -0.378 e. The summed E-state index contributed by atoms with van der Waals surface area (Å²) in [5, 5.41) is 19.8. The van der Waals surface area contributed by atoms with Gasteiger partial charge in [-0.3, -0.25) is 5.41 Å². The number of rotatable bonds is 3. The van der Waals surface area contributed by atoms with E-state index in [2.05, 4.69) is 32.6 Å². The third-order valence-electron chi connectivity index (χ3n) is 4.71. The molecule has 0 saturated heterocycles. The number of aliphatic hydroxyl groups is 1. The molecule has 0 unspecified atom stereocenters. The van der Waals surface area contributed by atoms with Gasteiger partial charge in [0.25, 0.3) is 0 Å². The predicted octanol–water partition coefficient (Wildman–Crippen LogP) is 4.63. The summed E-state index contributed by atoms with van der Waals surface area (Å²) in [6.07, 6.45) is 6.68. The van der Waals surface area contributed by atoms with Gasteiger partial charge in [-0.05, 0) is 57.1 Å². The maximum absolute atomic E-state index is 10.6. The summed E-state index contributed by atoms with van der Waals surface area (Å²) >= 11 is 1.64. The highest BCUT2D eigenvalue weighted by Gasteiger charge is 2.26. The average molecular weight is 333 g/mol. The van der Waals surface area contributed by atoms with E-state index in [-0.39, 0.29) is 0 Å². The molecule has 1 aliphatic rings. The topological polar surface area (TPSA) is 47.3 Å². The van der Waals surface area contributed by atoms with E-state index in [4.69, 9.17) is 5.41 Å². The molecule has 23 heavy (non-hydrogen) atoms. The van der Waals surface area contributed by atoms with E-state index in [9.17, 15) is 5.11 Å². The second-order valence-corrected chi connectivity index (χ2v) is 7.58. The highest BCUT2D eigenvalue weighted by molar-refractivity contribution is 7.17. The van der Waals surface area contributed by atoms with Crippen LogP contribution in [0.15, 0.2) is 0 Å². The summed E-state index contributed by atoms with van der Waals surface area (Å²) in [6.45, 7) is 6.27. The number of nitrogens with one attached hydrogen (secondary N) is 1. The highest BCUT2D eigenvalue weighted by atomic mass is 32.1. The number of anilines is 1. The summed E-state index contributed by atoms with van der Waals surface area (Å²) < 4.78 is 0. The van der Waals surface area contributed by atoms with Crippen molar-refractivity contribution in [2.75, 3.05) is 11.9 Å². The molecule has 1 saturated carbocycles. The molecule has 0 aliphatic heterocycles. The van der Waals surface area contributed by atoms with E-state index in [1.54, 1.807) is 11.3 Å². The molecule has 0 radical (unpaired) electrons. The van der Waals surface area contributed by atoms with Crippen LogP contribution in [-0.4, -0.2) is 23.6 Å². The zero-order valence-corrected chi connectivity index (χ0v) is 15.6. The van der Waals surface area contributed by atoms with Crippen molar-refractivity contribution in [3.63, 3.8) is 0 Å². The summed E-state index contributed by atoms with van der Waals surface area (Å²) in [6, 6.07) is 0. The molecule has 2 rings (SSSR count). The Morgan fingerprint density at radius 3 is 2.52 bits per heavy atom. The quantitative estimate of drug-likeness (QED) is 0.482. The minimum absolute atomic E-state index is 0.641. The maximum Gasteiger partial charge on any atom is 0.125 e. The van der Waals surface area contributed by atoms with Gasteiger partial charge < -0.3 is 10.0 Å². The van der Waals surface area contributed by atoms with Crippen LogP contribution in [0.4, 0.5) is 5.00 Å². The first-order valence-electron chi connectivity index (χ1n) is 8.54. The van der Waals surface area contributed by atoms with Crippen LogP contribution < -0.4 is 4.90 Å². The van der Waals surface area contributed by atoms with Crippen LogP contribution in [0.5, 0.6) is 0 Å². The first-order valence-corrected chi connectivity index (χ1v) is 9.36. The monoisotopic (exact) mass is 332 g/mol. The van der Waals surface area contributed by atoms with E-state index >= 15 is 0 Å². The van der Waals surface area contributed by atoms with Gasteiger partial charge in [0, 0.05) is 13.5 Å². The van der Waals surface area contributed by atoms with Gasteiger partial charge in [-0.1, -0.05) is 25.2 Å². The fourth-order valence-corrected chi connectivity index (χ4v) is 4.14. The Morgan fingerprint density at radius 1 is 1.26 bits per heavy atom. The molecule has 0 spiro atoms. The van der Waals surface area contributed by atoms with Crippen molar-refractivity contribution in [1.29, 1.82) is 5.41 Å². The van der Waals surface area contributed by atoms with Gasteiger partial charge in [0.1, 0.15) is 16.4 Å². The van der Waals surface area contributed by atoms with Crippen LogP contribution in [-0.2, 0) is 0 Å². The fourth-order valence-electron chi connectivity index (χ4n) is 2.98. The van der Waals surface area contributed by atoms with E-state index in [1.807, 2.05) is 11.9 Å². The smallest absolute Gasteiger partial charge is 0.125 e. The van der Waals surface area contributed by atoms with Crippen LogP contribution in [0.25, 0.3) is 0 Å². The van der Waals surface area contributed by atoms with Gasteiger partial charge in [0.2, 0.25) is 0 Å². The SMILES string of the molecule is CCCC(=N)N(C)c1sc(C#CC2(O)CCCCC2)c(C)c1C. The maximum atomic E-state index is 10.6. The molecule has 1 aromatic heterocycles. The molecule has 4 heteroatoms. The molecule has 0 atom stereocenters. The van der Waals surface area contributed by atoms with E-state index in [0.29, 0.717) is 5.84 Å². The Morgan fingerprint density at radius 2 is 1.91 bits per heavy atom. The molecule has 1 heterocycles. The van der Waals surface area contributed by atoms with Crippen LogP contribution in [0.2, 0.25) is 0 Å². The third kappa shape index (κ3) is 4.16. The highest BCUT2D eigenvalue weighted by Crippen LogP contribution is 2.35. The fraction of sp³-hybridized carbons (Fsp3) is 0.632. The molecule has 3 nitrogen and oxygen atoms in total. The molecular weight excluding hydrogens is 304 g/mol. The first-order chi connectivity index (χ1) is 10.9. The van der Waals surface area contributed by atoms with Crippen LogP contribution in [0.3, 0.4) is 0 Å². The number of nitrogens with zero attached hydrogens (tertiary/aromatic N) is 1. The van der Waals surface area contributed by atoms with E-state index < -0.39 is 5.60 Å². The molecule has 1 fully saturated rings. The Hall–Kier alpha value is -1.31. The second-order valence-electron chi connectivity index (χ2n) is 6.58. The van der Waals surface area contributed by atoms with Gasteiger partial charge >= 0.3 is 0 Å². The van der Waals surface area contributed by atoms with E-state index in [1.165, 1.54) is 17.5 Å². The lowest BCUT2D eigenvalue weighted by atomic mass is 9.85. The van der Waals surface area contributed by atoms with Crippen LogP contribution >= 0.6 is 11.3 Å². The summed E-state index contributed by atoms with van der Waals surface area (Å²) in [7, 11) is 1.96. The lowest BCUT2D eigenvalue weighted by Gasteiger charge is -2.26. The van der Waals surface area contributed by atoms with Gasteiger partial charge in [0.05, 0.1) is 4.88 Å². The number of amidine groups is 1. The third-order valence-corrected chi connectivity index (χ3v) is 6.09.